The van der Waals surface area contributed by atoms with Gasteiger partial charge >= 0.3 is 0 Å². The number of ether oxygens (including phenoxy) is 3. The van der Waals surface area contributed by atoms with Gasteiger partial charge in [0.1, 0.15) is 6.10 Å². The maximum atomic E-state index is 13.7. The second kappa shape index (κ2) is 11.9. The number of carbonyl (C=O) groups is 2. The molecule has 2 amide bonds. The molecule has 0 saturated heterocycles. The maximum Gasteiger partial charge on any atom is 0.258 e. The number of hydrogen-bond donors (Lipinski definition) is 2. The van der Waals surface area contributed by atoms with Gasteiger partial charge in [0, 0.05) is 43.5 Å². The summed E-state index contributed by atoms with van der Waals surface area (Å²) in [4.78, 5) is 34.5. The molecule has 0 spiro atoms. The van der Waals surface area contributed by atoms with Crippen LogP contribution < -0.4 is 19.5 Å². The molecule has 10 heteroatoms. The third-order valence-electron chi connectivity index (χ3n) is 7.26. The van der Waals surface area contributed by atoms with Gasteiger partial charge in [0.25, 0.3) is 11.8 Å². The number of amides is 2. The number of nitrogens with zero attached hydrogens (tertiary/aromatic N) is 3. The Bertz CT molecular complexity index is 1370. The number of hydrogen-bond acceptors (Lipinski definition) is 8. The molecule has 2 aromatic carbocycles. The van der Waals surface area contributed by atoms with Crippen LogP contribution in [-0.4, -0.2) is 77.4 Å². The van der Waals surface area contributed by atoms with Crippen molar-refractivity contribution in [1.82, 2.24) is 14.8 Å². The van der Waals surface area contributed by atoms with Crippen molar-refractivity contribution in [2.75, 3.05) is 38.9 Å². The number of pyridine rings is 1. The van der Waals surface area contributed by atoms with Crippen molar-refractivity contribution in [2.45, 2.75) is 32.5 Å². The number of anilines is 1. The number of para-hydroxylation sites is 1. The van der Waals surface area contributed by atoms with Crippen LogP contribution in [0.4, 0.5) is 5.69 Å². The zero-order chi connectivity index (χ0) is 28.2. The number of aliphatic hydroxyl groups excluding tert-OH is 1. The van der Waals surface area contributed by atoms with E-state index in [0.29, 0.717) is 42.2 Å². The van der Waals surface area contributed by atoms with Gasteiger partial charge in [0.05, 0.1) is 23.9 Å². The minimum atomic E-state index is -0.386. The van der Waals surface area contributed by atoms with Gasteiger partial charge in [-0.3, -0.25) is 19.5 Å². The van der Waals surface area contributed by atoms with Crippen LogP contribution in [0, 0.1) is 5.92 Å². The summed E-state index contributed by atoms with van der Waals surface area (Å²) >= 11 is 0. The molecule has 3 heterocycles. The fourth-order valence-corrected chi connectivity index (χ4v) is 4.98. The second-order valence-corrected chi connectivity index (χ2v) is 10.4. The Morgan fingerprint density at radius 3 is 2.73 bits per heavy atom. The number of aromatic nitrogens is 1. The Morgan fingerprint density at radius 1 is 1.18 bits per heavy atom. The monoisotopic (exact) mass is 546 g/mol. The number of aliphatic hydroxyl groups is 1. The van der Waals surface area contributed by atoms with Crippen LogP contribution in [-0.2, 0) is 6.54 Å². The molecule has 210 valence electrons. The fourth-order valence-electron chi connectivity index (χ4n) is 4.98. The number of likely N-dealkylation sites (N-methyl/N-ethyl adjacent to an activating group) is 1. The summed E-state index contributed by atoms with van der Waals surface area (Å²) < 4.78 is 17.6. The summed E-state index contributed by atoms with van der Waals surface area (Å²) in [5.74, 6) is 1.13. The second-order valence-electron chi connectivity index (χ2n) is 10.4. The molecule has 1 aromatic heterocycles. The molecule has 3 atom stereocenters. The average Bonchev–Trinajstić information content (AvgIpc) is 3.43. The van der Waals surface area contributed by atoms with Crippen LogP contribution in [0.15, 0.2) is 60.9 Å². The minimum absolute atomic E-state index is 0.0748. The number of nitrogens with one attached hydrogen (secondary N) is 1. The van der Waals surface area contributed by atoms with E-state index in [2.05, 4.69) is 15.2 Å². The van der Waals surface area contributed by atoms with E-state index in [4.69, 9.17) is 14.2 Å². The average molecular weight is 547 g/mol. The highest BCUT2D eigenvalue weighted by atomic mass is 16.7. The van der Waals surface area contributed by atoms with E-state index in [1.54, 1.807) is 47.6 Å². The Hall–Kier alpha value is -4.15. The normalized spacial score (nSPS) is 18.9. The SMILES string of the molecule is C[C@@H]1CN([C@@H](C)CO)C(=O)c2cccc(NC(=O)c3ccncc3)c2O[C@H]1CN(C)Cc1ccc2c(c1)OCO2. The van der Waals surface area contributed by atoms with Gasteiger partial charge in [-0.25, -0.2) is 0 Å². The molecule has 3 aromatic rings. The van der Waals surface area contributed by atoms with Crippen molar-refractivity contribution in [2.24, 2.45) is 5.92 Å². The Kier molecular flexibility index (Phi) is 8.18. The smallest absolute Gasteiger partial charge is 0.258 e. The lowest BCUT2D eigenvalue weighted by Gasteiger charge is -2.38. The van der Waals surface area contributed by atoms with Crippen LogP contribution in [0.1, 0.15) is 40.1 Å². The van der Waals surface area contributed by atoms with Crippen LogP contribution in [0.25, 0.3) is 0 Å². The number of benzene rings is 2. The van der Waals surface area contributed by atoms with Gasteiger partial charge in [-0.1, -0.05) is 19.1 Å². The van der Waals surface area contributed by atoms with E-state index in [-0.39, 0.29) is 43.3 Å². The molecule has 0 radical (unpaired) electrons. The summed E-state index contributed by atoms with van der Waals surface area (Å²) in [6.07, 6.45) is 2.78. The van der Waals surface area contributed by atoms with E-state index in [1.165, 1.54) is 0 Å². The summed E-state index contributed by atoms with van der Waals surface area (Å²) in [5, 5.41) is 12.8. The van der Waals surface area contributed by atoms with Gasteiger partial charge in [-0.15, -0.1) is 0 Å². The molecule has 0 bridgehead atoms. The zero-order valence-electron chi connectivity index (χ0n) is 22.9. The van der Waals surface area contributed by atoms with E-state index in [1.807, 2.05) is 39.1 Å². The van der Waals surface area contributed by atoms with Gasteiger partial charge < -0.3 is 29.5 Å². The quantitative estimate of drug-likeness (QED) is 0.442. The van der Waals surface area contributed by atoms with Gasteiger partial charge in [-0.2, -0.15) is 0 Å². The third-order valence-corrected chi connectivity index (χ3v) is 7.26. The van der Waals surface area contributed by atoms with Crippen molar-refractivity contribution >= 4 is 17.5 Å². The summed E-state index contributed by atoms with van der Waals surface area (Å²) in [7, 11) is 2.01. The summed E-state index contributed by atoms with van der Waals surface area (Å²) in [6.45, 7) is 5.53. The van der Waals surface area contributed by atoms with Crippen LogP contribution in [0.5, 0.6) is 17.2 Å². The maximum absolute atomic E-state index is 13.7. The molecule has 2 aliphatic heterocycles. The summed E-state index contributed by atoms with van der Waals surface area (Å²) in [6, 6.07) is 13.9. The van der Waals surface area contributed by atoms with Crippen LogP contribution in [0.2, 0.25) is 0 Å². The molecule has 40 heavy (non-hydrogen) atoms. The molecule has 0 fully saturated rings. The molecule has 2 aliphatic rings. The first-order chi connectivity index (χ1) is 19.3. The molecular weight excluding hydrogens is 512 g/mol. The van der Waals surface area contributed by atoms with Crippen molar-refractivity contribution in [3.63, 3.8) is 0 Å². The number of carbonyl (C=O) groups excluding carboxylic acids is 2. The molecular formula is C30H34N4O6. The lowest BCUT2D eigenvalue weighted by molar-refractivity contribution is 0.0343. The van der Waals surface area contributed by atoms with Crippen molar-refractivity contribution < 1.29 is 28.9 Å². The highest BCUT2D eigenvalue weighted by Gasteiger charge is 2.34. The Morgan fingerprint density at radius 2 is 1.95 bits per heavy atom. The van der Waals surface area contributed by atoms with Gasteiger partial charge in [0.2, 0.25) is 6.79 Å². The molecule has 0 unspecified atom stereocenters. The van der Waals surface area contributed by atoms with Crippen molar-refractivity contribution in [3.8, 4) is 17.2 Å². The Labute approximate surface area is 233 Å². The van der Waals surface area contributed by atoms with E-state index >= 15 is 0 Å². The molecule has 0 aliphatic carbocycles. The number of rotatable bonds is 8. The number of fused-ring (bicyclic) bond motifs is 2. The highest BCUT2D eigenvalue weighted by Crippen LogP contribution is 2.36. The fraction of sp³-hybridized carbons (Fsp3) is 0.367. The van der Waals surface area contributed by atoms with Crippen molar-refractivity contribution in [1.29, 1.82) is 0 Å². The zero-order valence-corrected chi connectivity index (χ0v) is 22.9. The summed E-state index contributed by atoms with van der Waals surface area (Å²) in [5.41, 5.74) is 2.25. The standard InChI is InChI=1S/C30H34N4O6/c1-19-14-34(20(2)17-35)30(37)23-5-4-6-24(32-29(36)22-9-11-31-12-10-22)28(23)40-27(19)16-33(3)15-21-7-8-25-26(13-21)39-18-38-25/h4-13,19-20,27,35H,14-18H2,1-3H3,(H,32,36)/t19-,20+,27+/m1/s1. The van der Waals surface area contributed by atoms with Gasteiger partial charge in [-0.05, 0) is 55.9 Å². The lowest BCUT2D eigenvalue weighted by Crippen LogP contribution is -2.49. The third kappa shape index (κ3) is 5.88. The predicted molar refractivity (Wildman–Crippen MR) is 149 cm³/mol. The van der Waals surface area contributed by atoms with Crippen molar-refractivity contribution in [3.05, 3.63) is 77.6 Å². The van der Waals surface area contributed by atoms with E-state index < -0.39 is 0 Å². The Balaban J connectivity index is 1.43. The van der Waals surface area contributed by atoms with Crippen LogP contribution in [0.3, 0.4) is 0 Å². The largest absolute Gasteiger partial charge is 0.486 e. The topological polar surface area (TPSA) is 113 Å². The van der Waals surface area contributed by atoms with Gasteiger partial charge in [0.15, 0.2) is 17.2 Å². The molecule has 0 saturated carbocycles. The highest BCUT2D eigenvalue weighted by molar-refractivity contribution is 6.07. The predicted octanol–water partition coefficient (Wildman–Crippen LogP) is 3.41. The molecule has 2 N–H and O–H groups in total. The minimum Gasteiger partial charge on any atom is -0.486 e. The first-order valence-corrected chi connectivity index (χ1v) is 13.3. The first-order valence-electron chi connectivity index (χ1n) is 13.3. The van der Waals surface area contributed by atoms with E-state index in [0.717, 1.165) is 17.1 Å². The molecule has 5 rings (SSSR count). The molecule has 10 nitrogen and oxygen atoms in total. The van der Waals surface area contributed by atoms with E-state index in [9.17, 15) is 14.7 Å². The lowest BCUT2D eigenvalue weighted by atomic mass is 9.98. The van der Waals surface area contributed by atoms with Crippen LogP contribution >= 0.6 is 0 Å². The first kappa shape index (κ1) is 27.4.